The summed E-state index contributed by atoms with van der Waals surface area (Å²) in [4.78, 5) is 43.6. The molecular weight excluding hydrogens is 462 g/mol. The minimum atomic E-state index is -0.540. The van der Waals surface area contributed by atoms with Crippen molar-refractivity contribution in [2.45, 2.75) is 31.9 Å². The number of nitrogens with one attached hydrogen (secondary N) is 1. The third-order valence-corrected chi connectivity index (χ3v) is 6.36. The van der Waals surface area contributed by atoms with Gasteiger partial charge in [-0.25, -0.2) is 9.79 Å². The van der Waals surface area contributed by atoms with E-state index in [9.17, 15) is 14.4 Å². The van der Waals surface area contributed by atoms with Crippen molar-refractivity contribution in [3.8, 4) is 0 Å². The number of benzene rings is 2. The van der Waals surface area contributed by atoms with Gasteiger partial charge in [0, 0.05) is 24.5 Å². The van der Waals surface area contributed by atoms with E-state index in [0.717, 1.165) is 5.56 Å². The molecule has 1 aliphatic rings. The van der Waals surface area contributed by atoms with Crippen LogP contribution in [-0.2, 0) is 20.7 Å². The van der Waals surface area contributed by atoms with Crippen molar-refractivity contribution in [3.63, 3.8) is 0 Å². The highest BCUT2D eigenvalue weighted by Gasteiger charge is 2.35. The van der Waals surface area contributed by atoms with E-state index in [1.54, 1.807) is 36.1 Å². The number of carbonyl (C=O) groups is 3. The molecule has 0 spiro atoms. The van der Waals surface area contributed by atoms with E-state index in [1.165, 1.54) is 11.8 Å². The molecular formula is C24H26ClN3O4S. The molecule has 1 saturated heterocycles. The number of hydrogen-bond acceptors (Lipinski definition) is 6. The minimum Gasteiger partial charge on any atom is -0.462 e. The van der Waals surface area contributed by atoms with Crippen molar-refractivity contribution in [2.24, 2.45) is 4.99 Å². The summed E-state index contributed by atoms with van der Waals surface area (Å²) in [5.41, 5.74) is 2.04. The zero-order chi connectivity index (χ0) is 23.8. The molecule has 1 unspecified atom stereocenters. The quantitative estimate of drug-likeness (QED) is 0.563. The van der Waals surface area contributed by atoms with Crippen LogP contribution >= 0.6 is 23.4 Å². The Labute approximate surface area is 202 Å². The topological polar surface area (TPSA) is 88.1 Å². The Balaban J connectivity index is 1.83. The molecule has 2 amide bonds. The van der Waals surface area contributed by atoms with Crippen LogP contribution in [0.1, 0.15) is 36.2 Å². The first kappa shape index (κ1) is 24.8. The van der Waals surface area contributed by atoms with Crippen LogP contribution in [0.25, 0.3) is 0 Å². The van der Waals surface area contributed by atoms with Gasteiger partial charge in [-0.05, 0) is 62.2 Å². The first-order valence-electron chi connectivity index (χ1n) is 10.8. The Hall–Kier alpha value is -2.84. The highest BCUT2D eigenvalue weighted by molar-refractivity contribution is 8.15. The molecule has 1 atom stereocenters. The predicted molar refractivity (Wildman–Crippen MR) is 131 cm³/mol. The van der Waals surface area contributed by atoms with Gasteiger partial charge in [-0.2, -0.15) is 0 Å². The molecule has 174 valence electrons. The Morgan fingerprint density at radius 3 is 2.48 bits per heavy atom. The van der Waals surface area contributed by atoms with Crippen molar-refractivity contribution in [2.75, 3.05) is 19.7 Å². The second-order valence-electron chi connectivity index (χ2n) is 7.29. The van der Waals surface area contributed by atoms with E-state index < -0.39 is 11.2 Å². The van der Waals surface area contributed by atoms with Gasteiger partial charge in [0.25, 0.3) is 0 Å². The summed E-state index contributed by atoms with van der Waals surface area (Å²) >= 11 is 7.24. The largest absolute Gasteiger partial charge is 0.462 e. The first-order valence-corrected chi connectivity index (χ1v) is 12.0. The lowest BCUT2D eigenvalue weighted by Crippen LogP contribution is -2.47. The number of halogens is 1. The normalized spacial score (nSPS) is 17.2. The molecule has 1 fully saturated rings. The van der Waals surface area contributed by atoms with Crippen molar-refractivity contribution in [3.05, 3.63) is 64.7 Å². The number of aliphatic imine (C=N–C) groups is 1. The number of thioether (sulfide) groups is 1. The highest BCUT2D eigenvalue weighted by Crippen LogP contribution is 2.29. The van der Waals surface area contributed by atoms with Gasteiger partial charge < -0.3 is 10.1 Å². The SMILES string of the molecule is CCNC(=O)C1CC(=O)N(CCc2ccc(Cl)cc2)C(=Nc2ccc(C(=O)OCC)cc2)S1. The molecule has 9 heteroatoms. The van der Waals surface area contributed by atoms with Gasteiger partial charge in [0.05, 0.1) is 23.1 Å². The Morgan fingerprint density at radius 1 is 1.15 bits per heavy atom. The number of amidine groups is 1. The summed E-state index contributed by atoms with van der Waals surface area (Å²) < 4.78 is 5.01. The summed E-state index contributed by atoms with van der Waals surface area (Å²) in [5.74, 6) is -0.737. The summed E-state index contributed by atoms with van der Waals surface area (Å²) in [5, 5.41) is 3.35. The zero-order valence-electron chi connectivity index (χ0n) is 18.5. The third-order valence-electron chi connectivity index (χ3n) is 4.92. The summed E-state index contributed by atoms with van der Waals surface area (Å²) in [6.07, 6.45) is 0.730. The number of carbonyl (C=O) groups excluding carboxylic acids is 3. The maximum absolute atomic E-state index is 13.0. The lowest BCUT2D eigenvalue weighted by Gasteiger charge is -2.31. The highest BCUT2D eigenvalue weighted by atomic mass is 35.5. The van der Waals surface area contributed by atoms with Gasteiger partial charge in [-0.1, -0.05) is 35.5 Å². The van der Waals surface area contributed by atoms with Crippen LogP contribution in [-0.4, -0.2) is 52.8 Å². The average molecular weight is 488 g/mol. The molecule has 1 N–H and O–H groups in total. The first-order chi connectivity index (χ1) is 15.9. The smallest absolute Gasteiger partial charge is 0.338 e. The molecule has 7 nitrogen and oxygen atoms in total. The van der Waals surface area contributed by atoms with Crippen LogP contribution in [0.2, 0.25) is 5.02 Å². The van der Waals surface area contributed by atoms with Gasteiger partial charge in [0.15, 0.2) is 5.17 Å². The molecule has 3 rings (SSSR count). The standard InChI is InChI=1S/C24H26ClN3O4S/c1-3-26-22(30)20-15-21(29)28(14-13-16-5-9-18(25)10-6-16)24(33-20)27-19-11-7-17(8-12-19)23(31)32-4-2/h5-12,20H,3-4,13-15H2,1-2H3,(H,26,30). The van der Waals surface area contributed by atoms with E-state index in [2.05, 4.69) is 10.3 Å². The van der Waals surface area contributed by atoms with Crippen LogP contribution in [0.15, 0.2) is 53.5 Å². The third kappa shape index (κ3) is 6.82. The Bertz CT molecular complexity index is 1030. The summed E-state index contributed by atoms with van der Waals surface area (Å²) in [6.45, 7) is 4.80. The summed E-state index contributed by atoms with van der Waals surface area (Å²) in [6, 6.07) is 14.1. The van der Waals surface area contributed by atoms with Crippen LogP contribution in [0.4, 0.5) is 5.69 Å². The van der Waals surface area contributed by atoms with E-state index >= 15 is 0 Å². The predicted octanol–water partition coefficient (Wildman–Crippen LogP) is 4.22. The van der Waals surface area contributed by atoms with Crippen LogP contribution in [0.3, 0.4) is 0 Å². The molecule has 33 heavy (non-hydrogen) atoms. The van der Waals surface area contributed by atoms with Gasteiger partial charge in [-0.3, -0.25) is 14.5 Å². The monoisotopic (exact) mass is 487 g/mol. The molecule has 0 aliphatic carbocycles. The molecule has 1 aliphatic heterocycles. The van der Waals surface area contributed by atoms with Crippen LogP contribution in [0.5, 0.6) is 0 Å². The van der Waals surface area contributed by atoms with Crippen molar-refractivity contribution in [1.29, 1.82) is 0 Å². The van der Waals surface area contributed by atoms with Gasteiger partial charge in [0.1, 0.15) is 0 Å². The van der Waals surface area contributed by atoms with E-state index in [0.29, 0.717) is 47.6 Å². The molecule has 0 aromatic heterocycles. The molecule has 1 heterocycles. The van der Waals surface area contributed by atoms with Crippen molar-refractivity contribution < 1.29 is 19.1 Å². The fourth-order valence-corrected chi connectivity index (χ4v) is 4.51. The summed E-state index contributed by atoms with van der Waals surface area (Å²) in [7, 11) is 0. The molecule has 2 aromatic rings. The molecule has 0 saturated carbocycles. The second kappa shape index (κ2) is 11.9. The molecule has 2 aromatic carbocycles. The minimum absolute atomic E-state index is 0.109. The lowest BCUT2D eigenvalue weighted by atomic mass is 10.1. The van der Waals surface area contributed by atoms with E-state index in [1.807, 2.05) is 31.2 Å². The number of amides is 2. The second-order valence-corrected chi connectivity index (χ2v) is 8.90. The zero-order valence-corrected chi connectivity index (χ0v) is 20.1. The van der Waals surface area contributed by atoms with Crippen LogP contribution < -0.4 is 5.32 Å². The van der Waals surface area contributed by atoms with E-state index in [-0.39, 0.29) is 18.2 Å². The lowest BCUT2D eigenvalue weighted by molar-refractivity contribution is -0.130. The number of hydrogen-bond donors (Lipinski definition) is 1. The maximum atomic E-state index is 13.0. The number of esters is 1. The van der Waals surface area contributed by atoms with E-state index in [4.69, 9.17) is 16.3 Å². The molecule has 0 radical (unpaired) electrons. The van der Waals surface area contributed by atoms with Crippen LogP contribution in [0, 0.1) is 0 Å². The van der Waals surface area contributed by atoms with Gasteiger partial charge >= 0.3 is 5.97 Å². The number of rotatable bonds is 8. The van der Waals surface area contributed by atoms with Crippen molar-refractivity contribution in [1.82, 2.24) is 10.2 Å². The number of ether oxygens (including phenoxy) is 1. The fourth-order valence-electron chi connectivity index (χ4n) is 3.24. The number of nitrogens with zero attached hydrogens (tertiary/aromatic N) is 2. The Kier molecular flexibility index (Phi) is 8.91. The fraction of sp³-hybridized carbons (Fsp3) is 0.333. The Morgan fingerprint density at radius 2 is 1.85 bits per heavy atom. The average Bonchev–Trinajstić information content (AvgIpc) is 2.80. The molecule has 0 bridgehead atoms. The van der Waals surface area contributed by atoms with Crippen molar-refractivity contribution >= 4 is 52.0 Å². The van der Waals surface area contributed by atoms with Gasteiger partial charge in [0.2, 0.25) is 11.8 Å². The maximum Gasteiger partial charge on any atom is 0.338 e. The van der Waals surface area contributed by atoms with Gasteiger partial charge in [-0.15, -0.1) is 0 Å².